The van der Waals surface area contributed by atoms with E-state index in [1.807, 2.05) is 37.4 Å². The third-order valence-electron chi connectivity index (χ3n) is 8.52. The molecule has 4 N–H and O–H groups in total. The van der Waals surface area contributed by atoms with Crippen molar-refractivity contribution in [3.63, 3.8) is 0 Å². The highest BCUT2D eigenvalue weighted by Crippen LogP contribution is 2.53. The second-order valence-electron chi connectivity index (χ2n) is 14.0. The number of likely N-dealkylation sites (N-methyl/N-ethyl adjacent to an activating group) is 1. The SMILES string of the molecule is CN(CCOC(=O)NCc1ccc(COc2nccc(N)n2)cc1)c1ccc2c(c1)C(C)(C)c1cc(/C=C(\C#N)C(O)CC(C)(C)C)sc1-2. The van der Waals surface area contributed by atoms with E-state index in [2.05, 4.69) is 85.1 Å². The summed E-state index contributed by atoms with van der Waals surface area (Å²) in [5, 5.41) is 23.2. The van der Waals surface area contributed by atoms with Crippen molar-refractivity contribution >= 4 is 35.0 Å². The monoisotopic (exact) mass is 680 g/mol. The van der Waals surface area contributed by atoms with Crippen molar-refractivity contribution in [1.29, 1.82) is 5.26 Å². The number of nitrogens with zero attached hydrogens (tertiary/aromatic N) is 4. The molecule has 49 heavy (non-hydrogen) atoms. The predicted molar refractivity (Wildman–Crippen MR) is 194 cm³/mol. The number of ether oxygens (including phenoxy) is 2. The van der Waals surface area contributed by atoms with Gasteiger partial charge in [-0.2, -0.15) is 10.2 Å². The Morgan fingerprint density at radius 2 is 1.88 bits per heavy atom. The van der Waals surface area contributed by atoms with E-state index in [0.717, 1.165) is 21.7 Å². The number of fused-ring (bicyclic) bond motifs is 3. The Kier molecular flexibility index (Phi) is 10.6. The lowest BCUT2D eigenvalue weighted by molar-refractivity contribution is 0.148. The van der Waals surface area contributed by atoms with Crippen LogP contribution in [0, 0.1) is 16.7 Å². The standard InChI is InChI=1S/C38H44N6O4S/c1-37(2,3)20-32(45)26(21-39)17-28-19-31-34(49-28)29-12-11-27(18-30(29)38(31,4)5)44(6)15-16-47-36(46)42-22-24-7-9-25(10-8-24)23-48-35-41-14-13-33(40)43-35/h7-14,17-19,32,45H,15-16,20,22-23H2,1-6H3,(H,42,46)(H2,40,41,43)/b26-17+. The Balaban J connectivity index is 1.12. The number of nitrogen functional groups attached to an aromatic ring is 1. The highest BCUT2D eigenvalue weighted by molar-refractivity contribution is 7.16. The molecule has 1 aliphatic rings. The number of nitrogens with one attached hydrogen (secondary N) is 1. The normalized spacial score (nSPS) is 14.0. The van der Waals surface area contributed by atoms with Crippen LogP contribution in [0.25, 0.3) is 16.5 Å². The molecular formula is C38H44N6O4S. The average Bonchev–Trinajstić information content (AvgIpc) is 3.57. The molecule has 0 spiro atoms. The number of nitriles is 1. The number of aromatic nitrogens is 2. The molecule has 1 aliphatic carbocycles. The lowest BCUT2D eigenvalue weighted by Gasteiger charge is -2.24. The number of nitrogens with two attached hydrogens (primary N) is 1. The molecule has 0 fully saturated rings. The average molecular weight is 681 g/mol. The number of amides is 1. The number of hydrogen-bond acceptors (Lipinski definition) is 10. The van der Waals surface area contributed by atoms with Crippen LogP contribution >= 0.6 is 11.3 Å². The number of aliphatic hydroxyl groups excluding tert-OH is 1. The first kappa shape index (κ1) is 35.4. The van der Waals surface area contributed by atoms with Crippen LogP contribution in [-0.2, 0) is 23.3 Å². The summed E-state index contributed by atoms with van der Waals surface area (Å²) in [7, 11) is 1.99. The van der Waals surface area contributed by atoms with Crippen molar-refractivity contribution in [2.75, 3.05) is 30.8 Å². The maximum absolute atomic E-state index is 12.4. The Morgan fingerprint density at radius 1 is 1.14 bits per heavy atom. The molecule has 1 unspecified atom stereocenters. The van der Waals surface area contributed by atoms with Crippen LogP contribution in [0.3, 0.4) is 0 Å². The van der Waals surface area contributed by atoms with Crippen LogP contribution in [0.2, 0.25) is 0 Å². The minimum absolute atomic E-state index is 0.0846. The summed E-state index contributed by atoms with van der Waals surface area (Å²) in [5.41, 5.74) is 12.3. The van der Waals surface area contributed by atoms with Crippen molar-refractivity contribution < 1.29 is 19.4 Å². The lowest BCUT2D eigenvalue weighted by Crippen LogP contribution is -2.29. The van der Waals surface area contributed by atoms with Gasteiger partial charge in [0, 0.05) is 40.6 Å². The number of rotatable bonds is 12. The van der Waals surface area contributed by atoms with Gasteiger partial charge >= 0.3 is 12.1 Å². The molecule has 0 radical (unpaired) electrons. The molecule has 2 heterocycles. The molecule has 256 valence electrons. The van der Waals surface area contributed by atoms with E-state index < -0.39 is 12.2 Å². The zero-order valence-electron chi connectivity index (χ0n) is 28.9. The fourth-order valence-corrected chi connectivity index (χ4v) is 7.09. The summed E-state index contributed by atoms with van der Waals surface area (Å²) in [6, 6.07) is 20.3. The van der Waals surface area contributed by atoms with Crippen molar-refractivity contribution in [2.24, 2.45) is 5.41 Å². The van der Waals surface area contributed by atoms with E-state index in [-0.39, 0.29) is 23.4 Å². The maximum Gasteiger partial charge on any atom is 0.407 e. The summed E-state index contributed by atoms with van der Waals surface area (Å²) in [4.78, 5) is 24.7. The molecule has 0 aliphatic heterocycles. The van der Waals surface area contributed by atoms with Crippen molar-refractivity contribution in [3.8, 4) is 22.5 Å². The van der Waals surface area contributed by atoms with Gasteiger partial charge in [-0.05, 0) is 70.0 Å². The van der Waals surface area contributed by atoms with Crippen LogP contribution in [0.1, 0.15) is 68.2 Å². The summed E-state index contributed by atoms with van der Waals surface area (Å²) in [6.45, 7) is 12.0. The smallest absolute Gasteiger partial charge is 0.407 e. The minimum atomic E-state index is -0.794. The minimum Gasteiger partial charge on any atom is -0.459 e. The van der Waals surface area contributed by atoms with Gasteiger partial charge in [-0.3, -0.25) is 0 Å². The van der Waals surface area contributed by atoms with E-state index in [1.165, 1.54) is 21.6 Å². The molecule has 0 saturated heterocycles. The van der Waals surface area contributed by atoms with Crippen molar-refractivity contribution in [1.82, 2.24) is 15.3 Å². The number of carbonyl (C=O) groups excluding carboxylic acids is 1. The van der Waals surface area contributed by atoms with Gasteiger partial charge < -0.3 is 30.5 Å². The Labute approximate surface area is 292 Å². The number of carbonyl (C=O) groups is 1. The van der Waals surface area contributed by atoms with Gasteiger partial charge in [0.25, 0.3) is 0 Å². The maximum atomic E-state index is 12.4. The third-order valence-corrected chi connectivity index (χ3v) is 9.64. The van der Waals surface area contributed by atoms with Crippen molar-refractivity contribution in [3.05, 3.63) is 93.5 Å². The first-order chi connectivity index (χ1) is 23.2. The number of aliphatic hydroxyl groups is 1. The summed E-state index contributed by atoms with van der Waals surface area (Å²) < 4.78 is 11.0. The van der Waals surface area contributed by atoms with Crippen LogP contribution in [0.15, 0.2) is 66.4 Å². The van der Waals surface area contributed by atoms with Gasteiger partial charge in [0.05, 0.1) is 24.3 Å². The molecule has 11 heteroatoms. The molecule has 0 bridgehead atoms. The fourth-order valence-electron chi connectivity index (χ4n) is 5.78. The predicted octanol–water partition coefficient (Wildman–Crippen LogP) is 7.07. The Bertz CT molecular complexity index is 1870. The molecule has 10 nitrogen and oxygen atoms in total. The van der Waals surface area contributed by atoms with Gasteiger partial charge in [-0.1, -0.05) is 65.0 Å². The quantitative estimate of drug-likeness (QED) is 0.134. The Hall–Kier alpha value is -4.92. The van der Waals surface area contributed by atoms with Crippen LogP contribution in [0.4, 0.5) is 16.3 Å². The fraction of sp³-hybridized carbons (Fsp3) is 0.368. The number of anilines is 2. The number of thiophene rings is 1. The summed E-state index contributed by atoms with van der Waals surface area (Å²) in [6.07, 6.45) is 2.63. The number of hydrogen-bond donors (Lipinski definition) is 3. The molecule has 4 aromatic rings. The third kappa shape index (κ3) is 8.76. The van der Waals surface area contributed by atoms with Gasteiger partial charge in [0.1, 0.15) is 19.0 Å². The summed E-state index contributed by atoms with van der Waals surface area (Å²) in [5.74, 6) is 0.348. The highest BCUT2D eigenvalue weighted by atomic mass is 32.1. The van der Waals surface area contributed by atoms with Gasteiger partial charge in [0.15, 0.2) is 0 Å². The van der Waals surface area contributed by atoms with E-state index >= 15 is 0 Å². The van der Waals surface area contributed by atoms with E-state index in [0.29, 0.717) is 37.5 Å². The summed E-state index contributed by atoms with van der Waals surface area (Å²) >= 11 is 1.65. The van der Waals surface area contributed by atoms with E-state index in [4.69, 9.17) is 15.2 Å². The zero-order chi connectivity index (χ0) is 35.3. The van der Waals surface area contributed by atoms with Gasteiger partial charge in [-0.15, -0.1) is 11.3 Å². The molecule has 1 amide bonds. The van der Waals surface area contributed by atoms with E-state index in [1.54, 1.807) is 23.6 Å². The van der Waals surface area contributed by atoms with E-state index in [9.17, 15) is 15.2 Å². The van der Waals surface area contributed by atoms with Gasteiger partial charge in [0.2, 0.25) is 0 Å². The Morgan fingerprint density at radius 3 is 2.57 bits per heavy atom. The lowest BCUT2D eigenvalue weighted by atomic mass is 9.82. The van der Waals surface area contributed by atoms with Crippen LogP contribution in [-0.4, -0.2) is 47.5 Å². The molecular weight excluding hydrogens is 637 g/mol. The number of benzene rings is 2. The molecule has 2 aromatic heterocycles. The highest BCUT2D eigenvalue weighted by Gasteiger charge is 2.37. The first-order valence-electron chi connectivity index (χ1n) is 16.2. The second-order valence-corrected chi connectivity index (χ2v) is 15.1. The topological polar surface area (TPSA) is 147 Å². The van der Waals surface area contributed by atoms with Crippen LogP contribution < -0.4 is 20.7 Å². The first-order valence-corrected chi connectivity index (χ1v) is 17.0. The molecule has 0 saturated carbocycles. The van der Waals surface area contributed by atoms with Crippen molar-refractivity contribution in [2.45, 2.75) is 65.7 Å². The van der Waals surface area contributed by atoms with Gasteiger partial charge in [-0.25, -0.2) is 9.78 Å². The second kappa shape index (κ2) is 14.7. The molecule has 5 rings (SSSR count). The zero-order valence-corrected chi connectivity index (χ0v) is 29.7. The molecule has 2 aromatic carbocycles. The molecule has 1 atom stereocenters. The largest absolute Gasteiger partial charge is 0.459 e. The number of alkyl carbamates (subject to hydrolysis) is 1. The van der Waals surface area contributed by atoms with Crippen LogP contribution in [0.5, 0.6) is 6.01 Å².